The lowest BCUT2D eigenvalue weighted by Gasteiger charge is -2.39. The fourth-order valence-corrected chi connectivity index (χ4v) is 1.90. The Hall–Kier alpha value is -1.04. The van der Waals surface area contributed by atoms with Crippen molar-refractivity contribution in [1.29, 1.82) is 5.26 Å². The Kier molecular flexibility index (Phi) is 3.15. The zero-order valence-corrected chi connectivity index (χ0v) is 9.13. The summed E-state index contributed by atoms with van der Waals surface area (Å²) in [5, 5.41) is 11.7. The normalized spacial score (nSPS) is 30.6. The van der Waals surface area contributed by atoms with E-state index in [1.54, 1.807) is 0 Å². The van der Waals surface area contributed by atoms with Gasteiger partial charge in [0.15, 0.2) is 0 Å². The molecule has 0 radical (unpaired) electrons. The van der Waals surface area contributed by atoms with E-state index in [1.807, 2.05) is 20.8 Å². The van der Waals surface area contributed by atoms with Gasteiger partial charge in [0.05, 0.1) is 11.5 Å². The minimum atomic E-state index is -0.132. The highest BCUT2D eigenvalue weighted by molar-refractivity contribution is 5.77. The van der Waals surface area contributed by atoms with Crippen LogP contribution in [0.1, 0.15) is 33.6 Å². The van der Waals surface area contributed by atoms with Gasteiger partial charge in [-0.3, -0.25) is 4.79 Å². The summed E-state index contributed by atoms with van der Waals surface area (Å²) in [5.41, 5.74) is -0.132. The van der Waals surface area contributed by atoms with Gasteiger partial charge in [0.25, 0.3) is 0 Å². The summed E-state index contributed by atoms with van der Waals surface area (Å²) in [5.74, 6) is 0.662. The molecule has 1 aliphatic carbocycles. The molecule has 0 aromatic carbocycles. The van der Waals surface area contributed by atoms with Crippen molar-refractivity contribution in [3.8, 4) is 6.07 Å². The molecule has 0 bridgehead atoms. The Bertz CT molecular complexity index is 259. The molecule has 3 nitrogen and oxygen atoms in total. The molecule has 1 amide bonds. The fourth-order valence-electron chi connectivity index (χ4n) is 1.90. The van der Waals surface area contributed by atoms with Gasteiger partial charge in [0, 0.05) is 12.5 Å². The van der Waals surface area contributed by atoms with E-state index in [4.69, 9.17) is 5.26 Å². The predicted molar refractivity (Wildman–Crippen MR) is 54.3 cm³/mol. The third-order valence-corrected chi connectivity index (χ3v) is 2.84. The Labute approximate surface area is 85.5 Å². The van der Waals surface area contributed by atoms with Crippen LogP contribution in [0.2, 0.25) is 0 Å². The van der Waals surface area contributed by atoms with Crippen molar-refractivity contribution in [2.75, 3.05) is 6.54 Å². The molecule has 0 heterocycles. The lowest BCUT2D eigenvalue weighted by atomic mass is 9.64. The summed E-state index contributed by atoms with van der Waals surface area (Å²) in [6, 6.07) is 2.31. The van der Waals surface area contributed by atoms with E-state index in [1.165, 1.54) is 0 Å². The standard InChI is InChI=1S/C11H18N2O/c1-8(2)10(14)13-6-9-4-11(3,5-9)7-12/h8-9H,4-6H2,1-3H3,(H,13,14). The third kappa shape index (κ3) is 2.47. The molecule has 1 fully saturated rings. The number of carbonyl (C=O) groups excluding carboxylic acids is 1. The third-order valence-electron chi connectivity index (χ3n) is 2.84. The van der Waals surface area contributed by atoms with Crippen molar-refractivity contribution in [1.82, 2.24) is 5.32 Å². The summed E-state index contributed by atoms with van der Waals surface area (Å²) < 4.78 is 0. The second-order valence-electron chi connectivity index (χ2n) is 4.85. The van der Waals surface area contributed by atoms with Crippen LogP contribution in [0, 0.1) is 28.6 Å². The first-order valence-corrected chi connectivity index (χ1v) is 5.16. The van der Waals surface area contributed by atoms with Crippen LogP contribution in [0.15, 0.2) is 0 Å². The quantitative estimate of drug-likeness (QED) is 0.743. The number of hydrogen-bond donors (Lipinski definition) is 1. The van der Waals surface area contributed by atoms with Gasteiger partial charge in [-0.05, 0) is 25.7 Å². The SMILES string of the molecule is CC(C)C(=O)NCC1CC(C)(C#N)C1. The summed E-state index contributed by atoms with van der Waals surface area (Å²) in [6.45, 7) is 6.48. The molecule has 1 aliphatic rings. The van der Waals surface area contributed by atoms with Crippen molar-refractivity contribution in [2.24, 2.45) is 17.3 Å². The van der Waals surface area contributed by atoms with Crippen LogP contribution in [0.4, 0.5) is 0 Å². The maximum atomic E-state index is 11.2. The molecule has 0 spiro atoms. The van der Waals surface area contributed by atoms with Crippen molar-refractivity contribution >= 4 is 5.91 Å². The Balaban J connectivity index is 2.19. The van der Waals surface area contributed by atoms with Gasteiger partial charge in [0.2, 0.25) is 5.91 Å². The van der Waals surface area contributed by atoms with Crippen molar-refractivity contribution in [3.63, 3.8) is 0 Å². The first-order chi connectivity index (χ1) is 6.47. The van der Waals surface area contributed by atoms with Gasteiger partial charge in [-0.25, -0.2) is 0 Å². The van der Waals surface area contributed by atoms with Gasteiger partial charge < -0.3 is 5.32 Å². The van der Waals surface area contributed by atoms with Crippen molar-refractivity contribution in [2.45, 2.75) is 33.6 Å². The summed E-state index contributed by atoms with van der Waals surface area (Å²) in [4.78, 5) is 11.2. The van der Waals surface area contributed by atoms with E-state index in [9.17, 15) is 4.79 Å². The van der Waals surface area contributed by atoms with Gasteiger partial charge in [-0.1, -0.05) is 13.8 Å². The molecule has 3 heteroatoms. The van der Waals surface area contributed by atoms with Crippen LogP contribution in [0.5, 0.6) is 0 Å². The van der Waals surface area contributed by atoms with Crippen LogP contribution in [0.25, 0.3) is 0 Å². The summed E-state index contributed by atoms with van der Waals surface area (Å²) >= 11 is 0. The molecule has 1 rings (SSSR count). The smallest absolute Gasteiger partial charge is 0.222 e. The highest BCUT2D eigenvalue weighted by Crippen LogP contribution is 2.44. The minimum absolute atomic E-state index is 0.0532. The van der Waals surface area contributed by atoms with Crippen molar-refractivity contribution < 1.29 is 4.79 Å². The molecular formula is C11H18N2O. The van der Waals surface area contributed by atoms with E-state index in [-0.39, 0.29) is 17.2 Å². The molecule has 1 saturated carbocycles. The zero-order chi connectivity index (χ0) is 10.8. The number of nitrogens with zero attached hydrogens (tertiary/aromatic N) is 1. The average Bonchev–Trinajstić information content (AvgIpc) is 2.09. The monoisotopic (exact) mass is 194 g/mol. The molecule has 0 unspecified atom stereocenters. The molecule has 78 valence electrons. The molecule has 1 N–H and O–H groups in total. The summed E-state index contributed by atoms with van der Waals surface area (Å²) in [6.07, 6.45) is 1.84. The Morgan fingerprint density at radius 2 is 2.21 bits per heavy atom. The lowest BCUT2D eigenvalue weighted by Crippen LogP contribution is -2.41. The number of amides is 1. The van der Waals surface area contributed by atoms with Crippen LogP contribution in [0.3, 0.4) is 0 Å². The van der Waals surface area contributed by atoms with Crippen LogP contribution < -0.4 is 5.32 Å². The maximum Gasteiger partial charge on any atom is 0.222 e. The molecule has 0 aliphatic heterocycles. The summed E-state index contributed by atoms with van der Waals surface area (Å²) in [7, 11) is 0. The van der Waals surface area contributed by atoms with E-state index in [2.05, 4.69) is 11.4 Å². The molecular weight excluding hydrogens is 176 g/mol. The van der Waals surface area contributed by atoms with E-state index in [0.29, 0.717) is 5.92 Å². The van der Waals surface area contributed by atoms with Gasteiger partial charge in [0.1, 0.15) is 0 Å². The van der Waals surface area contributed by atoms with Gasteiger partial charge in [-0.2, -0.15) is 5.26 Å². The molecule has 0 aromatic rings. The first kappa shape index (κ1) is 11.0. The average molecular weight is 194 g/mol. The largest absolute Gasteiger partial charge is 0.356 e. The Morgan fingerprint density at radius 1 is 1.64 bits per heavy atom. The van der Waals surface area contributed by atoms with Crippen molar-refractivity contribution in [3.05, 3.63) is 0 Å². The fraction of sp³-hybridized carbons (Fsp3) is 0.818. The molecule has 14 heavy (non-hydrogen) atoms. The van der Waals surface area contributed by atoms with E-state index < -0.39 is 0 Å². The highest BCUT2D eigenvalue weighted by Gasteiger charge is 2.40. The number of nitrogens with one attached hydrogen (secondary N) is 1. The second-order valence-corrected chi connectivity index (χ2v) is 4.85. The van der Waals surface area contributed by atoms with E-state index >= 15 is 0 Å². The minimum Gasteiger partial charge on any atom is -0.356 e. The van der Waals surface area contributed by atoms with Gasteiger partial charge >= 0.3 is 0 Å². The topological polar surface area (TPSA) is 52.9 Å². The van der Waals surface area contributed by atoms with Crippen LogP contribution >= 0.6 is 0 Å². The number of rotatable bonds is 3. The zero-order valence-electron chi connectivity index (χ0n) is 9.13. The van der Waals surface area contributed by atoms with Crippen LogP contribution in [-0.4, -0.2) is 12.5 Å². The lowest BCUT2D eigenvalue weighted by molar-refractivity contribution is -0.124. The first-order valence-electron chi connectivity index (χ1n) is 5.16. The van der Waals surface area contributed by atoms with E-state index in [0.717, 1.165) is 19.4 Å². The highest BCUT2D eigenvalue weighted by atomic mass is 16.1. The molecule has 0 saturated heterocycles. The number of nitriles is 1. The van der Waals surface area contributed by atoms with Gasteiger partial charge in [-0.15, -0.1) is 0 Å². The second kappa shape index (κ2) is 4.00. The molecule has 0 aromatic heterocycles. The predicted octanol–water partition coefficient (Wildman–Crippen LogP) is 1.70. The Morgan fingerprint density at radius 3 is 2.64 bits per heavy atom. The van der Waals surface area contributed by atoms with Crippen LogP contribution in [-0.2, 0) is 4.79 Å². The number of carbonyl (C=O) groups is 1. The maximum absolute atomic E-state index is 11.2. The molecule has 0 atom stereocenters. The number of hydrogen-bond acceptors (Lipinski definition) is 2.